The molecule has 1 amide bonds. The molecule has 1 aromatic heterocycles. The summed E-state index contributed by atoms with van der Waals surface area (Å²) in [5, 5.41) is 16.9. The molecule has 0 saturated carbocycles. The molecule has 1 aliphatic heterocycles. The Bertz CT molecular complexity index is 1350. The lowest BCUT2D eigenvalue weighted by Crippen LogP contribution is -2.30. The summed E-state index contributed by atoms with van der Waals surface area (Å²) in [5.41, 5.74) is 2.44. The third kappa shape index (κ3) is 7.25. The quantitative estimate of drug-likeness (QED) is 0.243. The van der Waals surface area contributed by atoms with Crippen LogP contribution in [0.5, 0.6) is 11.6 Å². The molecule has 204 valence electrons. The van der Waals surface area contributed by atoms with E-state index in [-0.39, 0.29) is 30.1 Å². The van der Waals surface area contributed by atoms with Crippen LogP contribution in [0, 0.1) is 0 Å². The number of hydrogen-bond donors (Lipinski definition) is 0. The topological polar surface area (TPSA) is 92.5 Å². The highest BCUT2D eigenvalue weighted by atomic mass is 32.2. The zero-order valence-electron chi connectivity index (χ0n) is 21.3. The summed E-state index contributed by atoms with van der Waals surface area (Å²) in [6.45, 7) is 4.21. The van der Waals surface area contributed by atoms with Gasteiger partial charge in [0.05, 0.1) is 17.7 Å². The first-order valence-corrected chi connectivity index (χ1v) is 12.8. The second-order valence-electron chi connectivity index (χ2n) is 8.55. The van der Waals surface area contributed by atoms with Crippen molar-refractivity contribution in [1.29, 1.82) is 0 Å². The third-order valence-electron chi connectivity index (χ3n) is 5.52. The average Bonchev–Trinajstić information content (AvgIpc) is 3.27. The van der Waals surface area contributed by atoms with Gasteiger partial charge in [-0.05, 0) is 47.9 Å². The number of thioether (sulfide) groups is 1. The molecular formula is C26H25F3N6O3S. The summed E-state index contributed by atoms with van der Waals surface area (Å²) < 4.78 is 46.5. The third-order valence-corrected chi connectivity index (χ3v) is 6.44. The van der Waals surface area contributed by atoms with Gasteiger partial charge in [-0.3, -0.25) is 9.69 Å². The van der Waals surface area contributed by atoms with Gasteiger partial charge in [-0.25, -0.2) is 0 Å². The maximum absolute atomic E-state index is 12.5. The standard InChI is InChI=1S/C26H25F3N6O3S/c1-17(2)20-6-4-5-7-21(20)35-24(36)16-39-25(35)33-30-14-15-37-23-13-12-22(31-32-23)34(3)18-8-10-19(11-9-18)38-26(27,28)29/h4-14,17H,15-16H2,1-3H3/b30-14+,33-25-. The van der Waals surface area contributed by atoms with E-state index in [1.807, 2.05) is 24.3 Å². The molecular weight excluding hydrogens is 533 g/mol. The number of alkyl halides is 3. The molecule has 1 fully saturated rings. The molecule has 0 atom stereocenters. The number of anilines is 3. The maximum Gasteiger partial charge on any atom is 0.573 e. The Morgan fingerprint density at radius 1 is 1.10 bits per heavy atom. The lowest BCUT2D eigenvalue weighted by molar-refractivity contribution is -0.274. The number of carbonyl (C=O) groups is 1. The van der Waals surface area contributed by atoms with E-state index in [2.05, 4.69) is 39.0 Å². The number of amidine groups is 1. The summed E-state index contributed by atoms with van der Waals surface area (Å²) in [4.78, 5) is 15.8. The van der Waals surface area contributed by atoms with Crippen molar-refractivity contribution in [3.05, 3.63) is 66.2 Å². The van der Waals surface area contributed by atoms with Gasteiger partial charge in [0.2, 0.25) is 11.8 Å². The SMILES string of the molecule is CC(C)c1ccccc1N1C(=O)CS/C1=N\N=C\COc1ccc(N(C)c2ccc(OC(F)(F)F)cc2)nn1. The predicted octanol–water partition coefficient (Wildman–Crippen LogP) is 5.77. The molecule has 0 bridgehead atoms. The van der Waals surface area contributed by atoms with Gasteiger partial charge in [-0.1, -0.05) is 43.8 Å². The van der Waals surface area contributed by atoms with Crippen molar-refractivity contribution in [1.82, 2.24) is 10.2 Å². The molecule has 2 aromatic carbocycles. The van der Waals surface area contributed by atoms with Crippen LogP contribution in [-0.2, 0) is 4.79 Å². The van der Waals surface area contributed by atoms with E-state index >= 15 is 0 Å². The van der Waals surface area contributed by atoms with E-state index in [1.54, 1.807) is 29.0 Å². The largest absolute Gasteiger partial charge is 0.573 e. The van der Waals surface area contributed by atoms with Gasteiger partial charge in [0.25, 0.3) is 0 Å². The fourth-order valence-electron chi connectivity index (χ4n) is 3.67. The fourth-order valence-corrected chi connectivity index (χ4v) is 4.49. The van der Waals surface area contributed by atoms with Gasteiger partial charge in [-0.15, -0.1) is 28.5 Å². The van der Waals surface area contributed by atoms with Crippen LogP contribution in [0.15, 0.2) is 70.9 Å². The zero-order valence-corrected chi connectivity index (χ0v) is 22.1. The van der Waals surface area contributed by atoms with Crippen molar-refractivity contribution in [2.24, 2.45) is 10.2 Å². The molecule has 0 unspecified atom stereocenters. The number of para-hydroxylation sites is 1. The molecule has 0 N–H and O–H groups in total. The average molecular weight is 559 g/mol. The van der Waals surface area contributed by atoms with Crippen molar-refractivity contribution >= 4 is 46.2 Å². The Kier molecular flexibility index (Phi) is 8.69. The Morgan fingerprint density at radius 3 is 2.51 bits per heavy atom. The summed E-state index contributed by atoms with van der Waals surface area (Å²) in [6.07, 6.45) is -3.30. The van der Waals surface area contributed by atoms with Gasteiger partial charge < -0.3 is 14.4 Å². The number of halogens is 3. The first-order valence-electron chi connectivity index (χ1n) is 11.8. The minimum absolute atomic E-state index is 0.0517. The van der Waals surface area contributed by atoms with Gasteiger partial charge in [0.1, 0.15) is 12.4 Å². The second kappa shape index (κ2) is 12.2. The van der Waals surface area contributed by atoms with E-state index < -0.39 is 6.36 Å². The van der Waals surface area contributed by atoms with Crippen LogP contribution in [0.25, 0.3) is 0 Å². The highest BCUT2D eigenvalue weighted by molar-refractivity contribution is 8.15. The normalized spacial score (nSPS) is 15.0. The lowest BCUT2D eigenvalue weighted by Gasteiger charge is -2.20. The fraction of sp³-hybridized carbons (Fsp3) is 0.269. The van der Waals surface area contributed by atoms with E-state index in [4.69, 9.17) is 4.74 Å². The van der Waals surface area contributed by atoms with Crippen LogP contribution >= 0.6 is 11.8 Å². The van der Waals surface area contributed by atoms with Crippen LogP contribution in [-0.4, -0.2) is 53.3 Å². The zero-order chi connectivity index (χ0) is 28.0. The number of hydrogen-bond acceptors (Lipinski definition) is 9. The summed E-state index contributed by atoms with van der Waals surface area (Å²) in [5.74, 6) is 0.869. The van der Waals surface area contributed by atoms with E-state index in [0.717, 1.165) is 11.3 Å². The number of benzene rings is 2. The van der Waals surface area contributed by atoms with Crippen LogP contribution in [0.1, 0.15) is 25.3 Å². The Morgan fingerprint density at radius 2 is 1.85 bits per heavy atom. The van der Waals surface area contributed by atoms with Crippen molar-refractivity contribution in [2.45, 2.75) is 26.1 Å². The Balaban J connectivity index is 1.33. The molecule has 13 heteroatoms. The Labute approximate surface area is 227 Å². The number of carbonyl (C=O) groups excluding carboxylic acids is 1. The smallest absolute Gasteiger partial charge is 0.471 e. The van der Waals surface area contributed by atoms with Crippen molar-refractivity contribution in [3.8, 4) is 11.6 Å². The van der Waals surface area contributed by atoms with Crippen molar-refractivity contribution in [3.63, 3.8) is 0 Å². The van der Waals surface area contributed by atoms with Crippen molar-refractivity contribution in [2.75, 3.05) is 29.2 Å². The molecule has 1 aliphatic rings. The van der Waals surface area contributed by atoms with Crippen LogP contribution < -0.4 is 19.3 Å². The summed E-state index contributed by atoms with van der Waals surface area (Å²) >= 11 is 1.32. The molecule has 0 spiro atoms. The van der Waals surface area contributed by atoms with Gasteiger partial charge in [-0.2, -0.15) is 5.10 Å². The number of nitrogens with zero attached hydrogens (tertiary/aromatic N) is 6. The van der Waals surface area contributed by atoms with Gasteiger partial charge in [0.15, 0.2) is 11.0 Å². The maximum atomic E-state index is 12.5. The summed E-state index contributed by atoms with van der Waals surface area (Å²) in [6, 6.07) is 16.4. The minimum atomic E-state index is -4.75. The molecule has 0 radical (unpaired) electrons. The first kappa shape index (κ1) is 27.9. The highest BCUT2D eigenvalue weighted by Crippen LogP contribution is 2.33. The molecule has 39 heavy (non-hydrogen) atoms. The molecule has 4 rings (SSSR count). The van der Waals surface area contributed by atoms with Crippen LogP contribution in [0.4, 0.5) is 30.4 Å². The number of rotatable bonds is 9. The number of aromatic nitrogens is 2. The van der Waals surface area contributed by atoms with E-state index in [1.165, 1.54) is 42.2 Å². The highest BCUT2D eigenvalue weighted by Gasteiger charge is 2.32. The summed E-state index contributed by atoms with van der Waals surface area (Å²) in [7, 11) is 1.70. The lowest BCUT2D eigenvalue weighted by atomic mass is 10.0. The Hall–Kier alpha value is -4.13. The molecule has 1 saturated heterocycles. The van der Waals surface area contributed by atoms with Crippen LogP contribution in [0.3, 0.4) is 0 Å². The van der Waals surface area contributed by atoms with Crippen molar-refractivity contribution < 1.29 is 27.4 Å². The van der Waals surface area contributed by atoms with Gasteiger partial charge >= 0.3 is 6.36 Å². The molecule has 3 aromatic rings. The molecule has 0 aliphatic carbocycles. The number of amides is 1. The number of ether oxygens (including phenoxy) is 2. The van der Waals surface area contributed by atoms with E-state index in [9.17, 15) is 18.0 Å². The van der Waals surface area contributed by atoms with Gasteiger partial charge in [0, 0.05) is 18.8 Å². The first-order chi connectivity index (χ1) is 18.6. The predicted molar refractivity (Wildman–Crippen MR) is 145 cm³/mol. The second-order valence-corrected chi connectivity index (χ2v) is 9.50. The minimum Gasteiger partial charge on any atom is -0.471 e. The molecule has 2 heterocycles. The molecule has 9 nitrogen and oxygen atoms in total. The van der Waals surface area contributed by atoms with E-state index in [0.29, 0.717) is 22.4 Å². The monoisotopic (exact) mass is 558 g/mol. The van der Waals surface area contributed by atoms with Crippen LogP contribution in [0.2, 0.25) is 0 Å².